The third kappa shape index (κ3) is 3.41. The predicted molar refractivity (Wildman–Crippen MR) is 127 cm³/mol. The number of methoxy groups -OCH3 is 1. The molecule has 32 heavy (non-hydrogen) atoms. The Balaban J connectivity index is 1.28. The first-order valence-corrected chi connectivity index (χ1v) is 12.6. The average molecular weight is 434 g/mol. The van der Waals surface area contributed by atoms with Crippen LogP contribution < -0.4 is 0 Å². The van der Waals surface area contributed by atoms with Crippen LogP contribution in [-0.2, 0) is 11.3 Å². The molecule has 5 nitrogen and oxygen atoms in total. The Morgan fingerprint density at radius 2 is 2.09 bits per heavy atom. The highest BCUT2D eigenvalue weighted by molar-refractivity contribution is 5.98. The van der Waals surface area contributed by atoms with Gasteiger partial charge in [-0.05, 0) is 74.8 Å². The zero-order valence-corrected chi connectivity index (χ0v) is 19.2. The summed E-state index contributed by atoms with van der Waals surface area (Å²) in [6.07, 6.45) is 12.3. The Labute approximate surface area is 191 Å². The van der Waals surface area contributed by atoms with Crippen LogP contribution >= 0.6 is 0 Å². The van der Waals surface area contributed by atoms with E-state index in [4.69, 9.17) is 4.74 Å². The third-order valence-corrected chi connectivity index (χ3v) is 8.47. The van der Waals surface area contributed by atoms with Gasteiger partial charge in [0.25, 0.3) is 5.91 Å². The molecule has 0 radical (unpaired) electrons. The van der Waals surface area contributed by atoms with Crippen molar-refractivity contribution < 1.29 is 9.53 Å². The SMILES string of the molecule is COCCn1ccc2cc(C(=O)N3CCCC4=C[C@H]5C[C@@H](CN6CCCCC56)C43)ccc21. The maximum absolute atomic E-state index is 13.8. The predicted octanol–water partition coefficient (Wildman–Crippen LogP) is 4.32. The summed E-state index contributed by atoms with van der Waals surface area (Å²) in [5, 5.41) is 1.14. The molecule has 170 valence electrons. The number of carbonyl (C=O) groups excluding carboxylic acids is 1. The maximum atomic E-state index is 13.8. The van der Waals surface area contributed by atoms with Crippen LogP contribution in [0.25, 0.3) is 10.9 Å². The molecule has 6 rings (SSSR count). The molecule has 1 amide bonds. The van der Waals surface area contributed by atoms with Crippen LogP contribution in [0.4, 0.5) is 0 Å². The molecule has 1 aliphatic carbocycles. The van der Waals surface area contributed by atoms with Gasteiger partial charge in [0.1, 0.15) is 0 Å². The number of fused-ring (bicyclic) bond motifs is 7. The lowest BCUT2D eigenvalue weighted by Gasteiger charge is -2.54. The Morgan fingerprint density at radius 3 is 3.00 bits per heavy atom. The van der Waals surface area contributed by atoms with Gasteiger partial charge in [-0.2, -0.15) is 0 Å². The van der Waals surface area contributed by atoms with Crippen molar-refractivity contribution in [3.63, 3.8) is 0 Å². The molecule has 0 spiro atoms. The molecule has 3 aliphatic heterocycles. The standard InChI is InChI=1S/C27H35N3O2/c1-32-14-13-28-12-9-19-15-21(7-8-25(19)28)27(31)30-11-4-5-20-16-22-17-23(26(20)30)18-29-10-3-2-6-24(22)29/h7-9,12,15-16,22-24,26H,2-6,10-11,13-14,17-18H2,1H3/t22-,23-,24?,26?/m0/s1. The highest BCUT2D eigenvalue weighted by atomic mass is 16.5. The molecule has 2 unspecified atom stereocenters. The minimum atomic E-state index is 0.214. The molecule has 0 saturated carbocycles. The van der Waals surface area contributed by atoms with Gasteiger partial charge in [0.2, 0.25) is 0 Å². The van der Waals surface area contributed by atoms with Crippen LogP contribution in [0.1, 0.15) is 48.9 Å². The molecular formula is C27H35N3O2. The summed E-state index contributed by atoms with van der Waals surface area (Å²) in [5.74, 6) is 1.52. The van der Waals surface area contributed by atoms with Gasteiger partial charge in [0.05, 0.1) is 12.6 Å². The average Bonchev–Trinajstić information content (AvgIpc) is 3.24. The summed E-state index contributed by atoms with van der Waals surface area (Å²) >= 11 is 0. The fraction of sp³-hybridized carbons (Fsp3) is 0.593. The Bertz CT molecular complexity index is 1040. The fourth-order valence-electron chi connectivity index (χ4n) is 7.08. The number of aromatic nitrogens is 1. The maximum Gasteiger partial charge on any atom is 0.254 e. The van der Waals surface area contributed by atoms with Crippen LogP contribution in [0.15, 0.2) is 42.1 Å². The summed E-state index contributed by atoms with van der Waals surface area (Å²) in [5.41, 5.74) is 3.56. The molecule has 4 heterocycles. The largest absolute Gasteiger partial charge is 0.383 e. The molecule has 4 aliphatic rings. The van der Waals surface area contributed by atoms with Gasteiger partial charge in [0, 0.05) is 55.4 Å². The van der Waals surface area contributed by atoms with Crippen molar-refractivity contribution in [2.75, 3.05) is 33.4 Å². The summed E-state index contributed by atoms with van der Waals surface area (Å²) < 4.78 is 7.43. The number of ether oxygens (including phenoxy) is 1. The van der Waals surface area contributed by atoms with Crippen molar-refractivity contribution in [3.8, 4) is 0 Å². The van der Waals surface area contributed by atoms with Crippen molar-refractivity contribution in [1.82, 2.24) is 14.4 Å². The Morgan fingerprint density at radius 1 is 1.16 bits per heavy atom. The topological polar surface area (TPSA) is 37.7 Å². The second-order valence-electron chi connectivity index (χ2n) is 10.3. The number of nitrogens with zero attached hydrogens (tertiary/aromatic N) is 3. The number of piperidine rings is 3. The van der Waals surface area contributed by atoms with Gasteiger partial charge >= 0.3 is 0 Å². The number of likely N-dealkylation sites (tertiary alicyclic amines) is 1. The minimum absolute atomic E-state index is 0.214. The third-order valence-electron chi connectivity index (χ3n) is 8.47. The van der Waals surface area contributed by atoms with Gasteiger partial charge < -0.3 is 14.2 Å². The second kappa shape index (κ2) is 8.35. The van der Waals surface area contributed by atoms with E-state index >= 15 is 0 Å². The quantitative estimate of drug-likeness (QED) is 0.674. The fourth-order valence-corrected chi connectivity index (χ4v) is 7.08. The number of benzene rings is 1. The first-order valence-electron chi connectivity index (χ1n) is 12.6. The molecule has 4 atom stereocenters. The van der Waals surface area contributed by atoms with Crippen LogP contribution in [0.2, 0.25) is 0 Å². The zero-order chi connectivity index (χ0) is 21.7. The van der Waals surface area contributed by atoms with E-state index in [0.29, 0.717) is 24.5 Å². The first-order chi connectivity index (χ1) is 15.7. The highest BCUT2D eigenvalue weighted by Crippen LogP contribution is 2.45. The molecule has 2 bridgehead atoms. The van der Waals surface area contributed by atoms with Crippen molar-refractivity contribution in [2.45, 2.75) is 57.2 Å². The highest BCUT2D eigenvalue weighted by Gasteiger charge is 2.46. The summed E-state index contributed by atoms with van der Waals surface area (Å²) in [6.45, 7) is 4.83. The smallest absolute Gasteiger partial charge is 0.254 e. The van der Waals surface area contributed by atoms with E-state index in [9.17, 15) is 4.79 Å². The number of amides is 1. The van der Waals surface area contributed by atoms with E-state index in [1.807, 2.05) is 6.07 Å². The number of rotatable bonds is 4. The van der Waals surface area contributed by atoms with Gasteiger partial charge in [0.15, 0.2) is 0 Å². The van der Waals surface area contributed by atoms with Crippen molar-refractivity contribution in [1.29, 1.82) is 0 Å². The molecular weight excluding hydrogens is 398 g/mol. The lowest BCUT2D eigenvalue weighted by atomic mass is 9.68. The second-order valence-corrected chi connectivity index (χ2v) is 10.3. The molecule has 1 aromatic carbocycles. The molecule has 3 saturated heterocycles. The Kier molecular flexibility index (Phi) is 5.34. The van der Waals surface area contributed by atoms with Gasteiger partial charge in [-0.1, -0.05) is 18.1 Å². The molecule has 3 fully saturated rings. The van der Waals surface area contributed by atoms with Crippen LogP contribution in [0.5, 0.6) is 0 Å². The number of hydrogen-bond acceptors (Lipinski definition) is 3. The molecule has 5 heteroatoms. The monoisotopic (exact) mass is 433 g/mol. The van der Waals surface area contributed by atoms with Crippen molar-refractivity contribution >= 4 is 16.8 Å². The summed E-state index contributed by atoms with van der Waals surface area (Å²) in [4.78, 5) is 18.8. The summed E-state index contributed by atoms with van der Waals surface area (Å²) in [7, 11) is 1.73. The summed E-state index contributed by atoms with van der Waals surface area (Å²) in [6, 6.07) is 9.40. The molecule has 2 aromatic rings. The molecule has 0 N–H and O–H groups in total. The Hall–Kier alpha value is -2.11. The first kappa shape index (κ1) is 20.5. The van der Waals surface area contributed by atoms with Gasteiger partial charge in [-0.15, -0.1) is 0 Å². The van der Waals surface area contributed by atoms with Crippen LogP contribution in [0.3, 0.4) is 0 Å². The van der Waals surface area contributed by atoms with Crippen LogP contribution in [-0.4, -0.2) is 65.7 Å². The van der Waals surface area contributed by atoms with E-state index in [0.717, 1.165) is 36.5 Å². The van der Waals surface area contributed by atoms with Crippen molar-refractivity contribution in [3.05, 3.63) is 47.7 Å². The van der Waals surface area contributed by atoms with E-state index < -0.39 is 0 Å². The van der Waals surface area contributed by atoms with E-state index in [2.05, 4.69) is 44.8 Å². The van der Waals surface area contributed by atoms with Crippen LogP contribution in [0, 0.1) is 11.8 Å². The zero-order valence-electron chi connectivity index (χ0n) is 19.2. The number of hydrogen-bond donors (Lipinski definition) is 0. The normalized spacial score (nSPS) is 30.0. The lowest BCUT2D eigenvalue weighted by molar-refractivity contribution is 0.00148. The van der Waals surface area contributed by atoms with Gasteiger partial charge in [-0.25, -0.2) is 0 Å². The van der Waals surface area contributed by atoms with E-state index in [-0.39, 0.29) is 5.91 Å². The molecule has 1 aromatic heterocycles. The minimum Gasteiger partial charge on any atom is -0.383 e. The van der Waals surface area contributed by atoms with Gasteiger partial charge in [-0.3, -0.25) is 9.69 Å². The van der Waals surface area contributed by atoms with E-state index in [1.54, 1.807) is 12.7 Å². The number of carbonyl (C=O) groups is 1. The van der Waals surface area contributed by atoms with Crippen molar-refractivity contribution in [2.24, 2.45) is 11.8 Å². The lowest BCUT2D eigenvalue weighted by Crippen LogP contribution is -2.60. The van der Waals surface area contributed by atoms with E-state index in [1.165, 1.54) is 50.7 Å².